The number of aromatic nitrogens is 1. The van der Waals surface area contributed by atoms with Crippen LogP contribution in [-0.4, -0.2) is 44.3 Å². The van der Waals surface area contributed by atoms with Crippen LogP contribution in [0.4, 0.5) is 5.69 Å². The number of anilines is 1. The van der Waals surface area contributed by atoms with Crippen LogP contribution >= 0.6 is 59.4 Å². The highest BCUT2D eigenvalue weighted by atomic mass is 79.9. The van der Waals surface area contributed by atoms with Gasteiger partial charge in [-0.25, -0.2) is 9.78 Å². The smallest absolute Gasteiger partial charge is 0.339 e. The molecule has 3 aromatic carbocycles. The SMILES string of the molecule is CC(OC(=O)c1cc(-c2ccc(N3C(=O)C4CC(Br)C(Br)CC4C3=O)cc2)nc2ccc(Br)cc12)C(=O)c1ccc(Cl)cc1. The number of benzene rings is 3. The number of imide groups is 1. The number of amides is 2. The first-order valence-electron chi connectivity index (χ1n) is 13.9. The number of hydrogen-bond donors (Lipinski definition) is 0. The first kappa shape index (κ1) is 31.1. The molecule has 11 heteroatoms. The summed E-state index contributed by atoms with van der Waals surface area (Å²) in [5.74, 6) is -2.07. The molecule has 2 aliphatic rings. The third-order valence-electron chi connectivity index (χ3n) is 8.11. The fraction of sp³-hybridized carbons (Fsp3) is 0.242. The number of ether oxygens (including phenoxy) is 1. The van der Waals surface area contributed by atoms with E-state index in [0.717, 1.165) is 4.47 Å². The fourth-order valence-corrected chi connectivity index (χ4v) is 7.50. The van der Waals surface area contributed by atoms with Gasteiger partial charge in [0.15, 0.2) is 6.10 Å². The standard InChI is InChI=1S/C33H24Br3ClN2O5/c1-16(30(40)18-2-7-20(37)8-3-18)44-33(43)25-15-29(38-28-11-6-19(34)12-22(25)28)17-4-9-21(10-5-17)39-31(41)23-13-26(35)27(36)14-24(23)32(39)42/h2-12,15-16,23-24,26-27H,13-14H2,1H3. The molecule has 0 radical (unpaired) electrons. The van der Waals surface area contributed by atoms with Gasteiger partial charge in [0.2, 0.25) is 17.6 Å². The monoisotopic (exact) mass is 800 g/mol. The topological polar surface area (TPSA) is 93.6 Å². The molecule has 2 heterocycles. The number of carbonyl (C=O) groups is 4. The number of hydrogen-bond acceptors (Lipinski definition) is 6. The predicted octanol–water partition coefficient (Wildman–Crippen LogP) is 8.17. The minimum atomic E-state index is -1.04. The van der Waals surface area contributed by atoms with E-state index in [4.69, 9.17) is 21.3 Å². The van der Waals surface area contributed by atoms with Crippen molar-refractivity contribution < 1.29 is 23.9 Å². The Morgan fingerprint density at radius 3 is 2.14 bits per heavy atom. The van der Waals surface area contributed by atoms with E-state index in [-0.39, 0.29) is 44.7 Å². The van der Waals surface area contributed by atoms with Gasteiger partial charge >= 0.3 is 5.97 Å². The zero-order chi connectivity index (χ0) is 31.3. The molecular formula is C33H24Br3ClN2O5. The molecule has 6 rings (SSSR count). The van der Waals surface area contributed by atoms with Gasteiger partial charge in [-0.2, -0.15) is 0 Å². The number of pyridine rings is 1. The van der Waals surface area contributed by atoms with Crippen molar-refractivity contribution >= 4 is 99.5 Å². The zero-order valence-corrected chi connectivity index (χ0v) is 28.7. The molecule has 1 aliphatic heterocycles. The van der Waals surface area contributed by atoms with E-state index in [0.29, 0.717) is 51.3 Å². The maximum Gasteiger partial charge on any atom is 0.339 e. The van der Waals surface area contributed by atoms with E-state index in [1.54, 1.807) is 66.7 Å². The summed E-state index contributed by atoms with van der Waals surface area (Å²) in [7, 11) is 0. The number of carbonyl (C=O) groups excluding carboxylic acids is 4. The summed E-state index contributed by atoms with van der Waals surface area (Å²) in [5.41, 5.74) is 2.85. The van der Waals surface area contributed by atoms with Gasteiger partial charge in [0.05, 0.1) is 34.3 Å². The number of halogens is 4. The lowest BCUT2D eigenvalue weighted by Gasteiger charge is -2.29. The molecule has 224 valence electrons. The van der Waals surface area contributed by atoms with Crippen molar-refractivity contribution in [1.82, 2.24) is 4.98 Å². The number of fused-ring (bicyclic) bond motifs is 2. The van der Waals surface area contributed by atoms with Gasteiger partial charge in [-0.1, -0.05) is 71.5 Å². The van der Waals surface area contributed by atoms with Gasteiger partial charge in [-0.3, -0.25) is 19.3 Å². The van der Waals surface area contributed by atoms with Crippen LogP contribution in [0.25, 0.3) is 22.2 Å². The van der Waals surface area contributed by atoms with E-state index >= 15 is 0 Å². The Labute approximate surface area is 283 Å². The van der Waals surface area contributed by atoms with Gasteiger partial charge in [0, 0.05) is 35.7 Å². The molecule has 1 saturated carbocycles. The Balaban J connectivity index is 1.29. The number of esters is 1. The molecule has 5 atom stereocenters. The molecule has 1 saturated heterocycles. The van der Waals surface area contributed by atoms with Crippen molar-refractivity contribution in [2.75, 3.05) is 4.90 Å². The molecular weight excluding hydrogens is 780 g/mol. The maximum absolute atomic E-state index is 13.5. The first-order chi connectivity index (χ1) is 21.0. The van der Waals surface area contributed by atoms with Crippen LogP contribution < -0.4 is 4.90 Å². The van der Waals surface area contributed by atoms with Crippen molar-refractivity contribution in [3.8, 4) is 11.3 Å². The molecule has 7 nitrogen and oxygen atoms in total. The highest BCUT2D eigenvalue weighted by Gasteiger charge is 2.52. The van der Waals surface area contributed by atoms with E-state index in [9.17, 15) is 19.2 Å². The summed E-state index contributed by atoms with van der Waals surface area (Å²) in [6.07, 6.45) is 0.153. The van der Waals surface area contributed by atoms with Gasteiger partial charge in [0.1, 0.15) is 0 Å². The summed E-state index contributed by atoms with van der Waals surface area (Å²) < 4.78 is 6.39. The minimum absolute atomic E-state index is 0.127. The molecule has 0 N–H and O–H groups in total. The minimum Gasteiger partial charge on any atom is -0.451 e. The second-order valence-electron chi connectivity index (χ2n) is 10.9. The van der Waals surface area contributed by atoms with Crippen molar-refractivity contribution in [3.63, 3.8) is 0 Å². The van der Waals surface area contributed by atoms with Gasteiger partial charge in [0.25, 0.3) is 0 Å². The Bertz CT molecular complexity index is 1790. The number of nitrogens with zero attached hydrogens (tertiary/aromatic N) is 2. The highest BCUT2D eigenvalue weighted by molar-refractivity contribution is 9.12. The third kappa shape index (κ3) is 5.89. The zero-order valence-electron chi connectivity index (χ0n) is 23.2. The van der Waals surface area contributed by atoms with Crippen molar-refractivity contribution in [2.45, 2.75) is 35.5 Å². The van der Waals surface area contributed by atoms with E-state index in [1.165, 1.54) is 11.8 Å². The third-order valence-corrected chi connectivity index (χ3v) is 11.6. The summed E-state index contributed by atoms with van der Waals surface area (Å²) in [5, 5.41) is 1.06. The number of ketones is 1. The highest BCUT2D eigenvalue weighted by Crippen LogP contribution is 2.44. The van der Waals surface area contributed by atoms with E-state index < -0.39 is 12.1 Å². The van der Waals surface area contributed by atoms with Crippen LogP contribution in [0.5, 0.6) is 0 Å². The second-order valence-corrected chi connectivity index (χ2v) is 14.6. The second kappa shape index (κ2) is 12.5. The molecule has 1 aromatic heterocycles. The summed E-state index contributed by atoms with van der Waals surface area (Å²) in [6, 6.07) is 20.4. The van der Waals surface area contributed by atoms with Crippen LogP contribution in [0.3, 0.4) is 0 Å². The quantitative estimate of drug-likeness (QED) is 0.0846. The Morgan fingerprint density at radius 2 is 1.52 bits per heavy atom. The lowest BCUT2D eigenvalue weighted by Crippen LogP contribution is -2.34. The van der Waals surface area contributed by atoms with Crippen molar-refractivity contribution in [1.29, 1.82) is 0 Å². The Morgan fingerprint density at radius 1 is 0.909 bits per heavy atom. The molecule has 4 aromatic rings. The van der Waals surface area contributed by atoms with Gasteiger partial charge in [-0.15, -0.1) is 0 Å². The normalized spacial score (nSPS) is 22.2. The van der Waals surface area contributed by atoms with Gasteiger partial charge in [-0.05, 0) is 80.4 Å². The van der Waals surface area contributed by atoms with E-state index in [2.05, 4.69) is 47.8 Å². The number of Topliss-reactive ketones (excluding diaryl/α,β-unsaturated/α-hetero) is 1. The fourth-order valence-electron chi connectivity index (χ4n) is 5.77. The molecule has 2 fully saturated rings. The van der Waals surface area contributed by atoms with Crippen LogP contribution in [0.2, 0.25) is 5.02 Å². The predicted molar refractivity (Wildman–Crippen MR) is 180 cm³/mol. The van der Waals surface area contributed by atoms with Crippen LogP contribution in [0.15, 0.2) is 77.3 Å². The average molecular weight is 804 g/mol. The maximum atomic E-state index is 13.5. The molecule has 0 bridgehead atoms. The first-order valence-corrected chi connectivity index (χ1v) is 16.9. The molecule has 44 heavy (non-hydrogen) atoms. The lowest BCUT2D eigenvalue weighted by atomic mass is 9.81. The van der Waals surface area contributed by atoms with Crippen molar-refractivity contribution in [2.24, 2.45) is 11.8 Å². The lowest BCUT2D eigenvalue weighted by molar-refractivity contribution is -0.122. The summed E-state index contributed by atoms with van der Waals surface area (Å²) in [4.78, 5) is 59.3. The van der Waals surface area contributed by atoms with Gasteiger partial charge < -0.3 is 4.74 Å². The summed E-state index contributed by atoms with van der Waals surface area (Å²) in [6.45, 7) is 1.53. The summed E-state index contributed by atoms with van der Waals surface area (Å²) >= 11 is 16.7. The van der Waals surface area contributed by atoms with Crippen LogP contribution in [0.1, 0.15) is 40.5 Å². The molecule has 2 amide bonds. The Hall–Kier alpha value is -2.92. The molecule has 0 spiro atoms. The molecule has 1 aliphatic carbocycles. The van der Waals surface area contributed by atoms with Crippen molar-refractivity contribution in [3.05, 3.63) is 93.4 Å². The number of rotatable bonds is 6. The Kier molecular flexibility index (Phi) is 8.80. The molecule has 5 unspecified atom stereocenters. The average Bonchev–Trinajstić information content (AvgIpc) is 3.24. The van der Waals surface area contributed by atoms with Crippen LogP contribution in [0, 0.1) is 11.8 Å². The number of alkyl halides is 2. The largest absolute Gasteiger partial charge is 0.451 e. The van der Waals surface area contributed by atoms with E-state index in [1.807, 2.05) is 6.07 Å². The van der Waals surface area contributed by atoms with Crippen LogP contribution in [-0.2, 0) is 14.3 Å².